The molecule has 0 fully saturated rings. The van der Waals surface area contributed by atoms with E-state index >= 15 is 0 Å². The predicted octanol–water partition coefficient (Wildman–Crippen LogP) is 5.56. The van der Waals surface area contributed by atoms with Gasteiger partial charge in [-0.25, -0.2) is 0 Å². The minimum absolute atomic E-state index is 0.283. The number of hydrogen-bond acceptors (Lipinski definition) is 1. The fraction of sp³-hybridized carbons (Fsp3) is 0.0769. The van der Waals surface area contributed by atoms with E-state index in [9.17, 15) is 13.2 Å². The molecule has 2 rings (SSSR count). The maximum absolute atomic E-state index is 12.0. The molecule has 0 aromatic heterocycles. The summed E-state index contributed by atoms with van der Waals surface area (Å²) in [6, 6.07) is 10.5. The summed E-state index contributed by atoms with van der Waals surface area (Å²) in [5.74, 6) is -0.283. The van der Waals surface area contributed by atoms with Gasteiger partial charge in [0.25, 0.3) is 0 Å². The third kappa shape index (κ3) is 3.55. The average Bonchev–Trinajstić information content (AvgIpc) is 2.32. The minimum atomic E-state index is -4.70. The van der Waals surface area contributed by atoms with Gasteiger partial charge in [0.15, 0.2) is 0 Å². The highest BCUT2D eigenvalue weighted by molar-refractivity contribution is 6.43. The fourth-order valence-corrected chi connectivity index (χ4v) is 1.97. The van der Waals surface area contributed by atoms with Crippen LogP contribution in [0.15, 0.2) is 42.5 Å². The van der Waals surface area contributed by atoms with Crippen LogP contribution in [0.5, 0.6) is 5.75 Å². The van der Waals surface area contributed by atoms with Gasteiger partial charge in [-0.15, -0.1) is 13.2 Å². The Morgan fingerprint density at radius 3 is 2.11 bits per heavy atom. The van der Waals surface area contributed by atoms with Crippen LogP contribution in [0.4, 0.5) is 13.2 Å². The number of halogens is 5. The molecule has 19 heavy (non-hydrogen) atoms. The van der Waals surface area contributed by atoms with Gasteiger partial charge < -0.3 is 4.74 Å². The van der Waals surface area contributed by atoms with Gasteiger partial charge in [-0.05, 0) is 23.8 Å². The molecule has 0 saturated heterocycles. The van der Waals surface area contributed by atoms with Crippen molar-refractivity contribution in [3.05, 3.63) is 52.5 Å². The van der Waals surface area contributed by atoms with Crippen molar-refractivity contribution < 1.29 is 17.9 Å². The Morgan fingerprint density at radius 1 is 0.895 bits per heavy atom. The smallest absolute Gasteiger partial charge is 0.406 e. The van der Waals surface area contributed by atoms with E-state index in [0.717, 1.165) is 0 Å². The van der Waals surface area contributed by atoms with Crippen molar-refractivity contribution in [2.75, 3.05) is 0 Å². The van der Waals surface area contributed by atoms with Crippen LogP contribution in [0, 0.1) is 0 Å². The molecular formula is C13H7Cl2F3O. The number of alkyl halides is 3. The third-order valence-corrected chi connectivity index (χ3v) is 3.17. The van der Waals surface area contributed by atoms with Crippen molar-refractivity contribution in [3.8, 4) is 16.9 Å². The molecule has 0 atom stereocenters. The summed E-state index contributed by atoms with van der Waals surface area (Å²) in [5, 5.41) is 0.739. The maximum Gasteiger partial charge on any atom is 0.573 e. The first kappa shape index (κ1) is 14.0. The quantitative estimate of drug-likeness (QED) is 0.706. The summed E-state index contributed by atoms with van der Waals surface area (Å²) in [6.45, 7) is 0. The Bertz CT molecular complexity index is 579. The van der Waals surface area contributed by atoms with Crippen molar-refractivity contribution in [2.24, 2.45) is 0 Å². The zero-order chi connectivity index (χ0) is 14.0. The molecule has 0 aliphatic heterocycles. The number of hydrogen-bond donors (Lipinski definition) is 0. The van der Waals surface area contributed by atoms with E-state index in [1.54, 1.807) is 18.2 Å². The Hall–Kier alpha value is -1.39. The highest BCUT2D eigenvalue weighted by Gasteiger charge is 2.30. The van der Waals surface area contributed by atoms with Crippen molar-refractivity contribution in [2.45, 2.75) is 6.36 Å². The SMILES string of the molecule is FC(F)(F)Oc1ccc(-c2cccc(Cl)c2Cl)cc1. The average molecular weight is 307 g/mol. The highest BCUT2D eigenvalue weighted by atomic mass is 35.5. The monoisotopic (exact) mass is 306 g/mol. The van der Waals surface area contributed by atoms with Gasteiger partial charge in [0, 0.05) is 5.56 Å². The molecule has 0 aliphatic carbocycles. The standard InChI is InChI=1S/C13H7Cl2F3O/c14-11-3-1-2-10(12(11)15)8-4-6-9(7-5-8)19-13(16,17)18/h1-7H. The van der Waals surface area contributed by atoms with E-state index < -0.39 is 6.36 Å². The molecule has 0 aliphatic rings. The van der Waals surface area contributed by atoms with Gasteiger partial charge in [0.05, 0.1) is 10.0 Å². The van der Waals surface area contributed by atoms with Crippen LogP contribution in [-0.4, -0.2) is 6.36 Å². The Balaban J connectivity index is 2.30. The van der Waals surface area contributed by atoms with Gasteiger partial charge in [0.2, 0.25) is 0 Å². The van der Waals surface area contributed by atoms with Crippen LogP contribution in [-0.2, 0) is 0 Å². The van der Waals surface area contributed by atoms with Gasteiger partial charge in [-0.1, -0.05) is 47.5 Å². The molecule has 0 amide bonds. The molecule has 1 nitrogen and oxygen atoms in total. The normalized spacial score (nSPS) is 11.4. The lowest BCUT2D eigenvalue weighted by Gasteiger charge is -2.10. The summed E-state index contributed by atoms with van der Waals surface area (Å²) in [5.41, 5.74) is 1.30. The van der Waals surface area contributed by atoms with Crippen molar-refractivity contribution >= 4 is 23.2 Å². The van der Waals surface area contributed by atoms with Crippen LogP contribution in [0.1, 0.15) is 0 Å². The number of ether oxygens (including phenoxy) is 1. The summed E-state index contributed by atoms with van der Waals surface area (Å²) in [4.78, 5) is 0. The Labute approximate surface area is 117 Å². The van der Waals surface area contributed by atoms with E-state index in [0.29, 0.717) is 21.2 Å². The molecule has 0 saturated carbocycles. The molecule has 2 aromatic rings. The summed E-state index contributed by atoms with van der Waals surface area (Å²) < 4.78 is 39.9. The highest BCUT2D eigenvalue weighted by Crippen LogP contribution is 2.34. The van der Waals surface area contributed by atoms with E-state index in [1.165, 1.54) is 24.3 Å². The second-order valence-corrected chi connectivity index (χ2v) is 4.46. The first-order valence-corrected chi connectivity index (χ1v) is 5.92. The lowest BCUT2D eigenvalue weighted by molar-refractivity contribution is -0.274. The molecule has 0 spiro atoms. The van der Waals surface area contributed by atoms with Gasteiger partial charge in [-0.3, -0.25) is 0 Å². The van der Waals surface area contributed by atoms with E-state index in [4.69, 9.17) is 23.2 Å². The van der Waals surface area contributed by atoms with Crippen molar-refractivity contribution in [1.82, 2.24) is 0 Å². The van der Waals surface area contributed by atoms with Crippen LogP contribution >= 0.6 is 23.2 Å². The molecule has 0 unspecified atom stereocenters. The lowest BCUT2D eigenvalue weighted by atomic mass is 10.1. The van der Waals surface area contributed by atoms with Crippen LogP contribution in [0.2, 0.25) is 10.0 Å². The van der Waals surface area contributed by atoms with Gasteiger partial charge >= 0.3 is 6.36 Å². The zero-order valence-corrected chi connectivity index (χ0v) is 10.9. The van der Waals surface area contributed by atoms with E-state index in [2.05, 4.69) is 4.74 Å². The number of rotatable bonds is 2. The topological polar surface area (TPSA) is 9.23 Å². The van der Waals surface area contributed by atoms with Crippen molar-refractivity contribution in [3.63, 3.8) is 0 Å². The van der Waals surface area contributed by atoms with Gasteiger partial charge in [0.1, 0.15) is 5.75 Å². The van der Waals surface area contributed by atoms with Crippen LogP contribution < -0.4 is 4.74 Å². The summed E-state index contributed by atoms with van der Waals surface area (Å²) >= 11 is 11.9. The Morgan fingerprint density at radius 2 is 1.53 bits per heavy atom. The fourth-order valence-electron chi connectivity index (χ4n) is 1.56. The zero-order valence-electron chi connectivity index (χ0n) is 9.34. The Kier molecular flexibility index (Phi) is 3.92. The number of benzene rings is 2. The second-order valence-electron chi connectivity index (χ2n) is 3.67. The maximum atomic E-state index is 12.0. The predicted molar refractivity (Wildman–Crippen MR) is 68.6 cm³/mol. The van der Waals surface area contributed by atoms with Gasteiger partial charge in [-0.2, -0.15) is 0 Å². The molecule has 100 valence electrons. The first-order chi connectivity index (χ1) is 8.87. The summed E-state index contributed by atoms with van der Waals surface area (Å²) in [7, 11) is 0. The first-order valence-electron chi connectivity index (χ1n) is 5.17. The molecule has 0 radical (unpaired) electrons. The minimum Gasteiger partial charge on any atom is -0.406 e. The molecule has 0 heterocycles. The molecule has 0 N–H and O–H groups in total. The van der Waals surface area contributed by atoms with Crippen LogP contribution in [0.25, 0.3) is 11.1 Å². The molecule has 6 heteroatoms. The largest absolute Gasteiger partial charge is 0.573 e. The van der Waals surface area contributed by atoms with E-state index in [1.807, 2.05) is 0 Å². The lowest BCUT2D eigenvalue weighted by Crippen LogP contribution is -2.16. The van der Waals surface area contributed by atoms with E-state index in [-0.39, 0.29) is 5.75 Å². The molecule has 0 bridgehead atoms. The molecular weight excluding hydrogens is 300 g/mol. The second kappa shape index (κ2) is 5.31. The van der Waals surface area contributed by atoms with Crippen LogP contribution in [0.3, 0.4) is 0 Å². The summed E-state index contributed by atoms with van der Waals surface area (Å²) in [6.07, 6.45) is -4.70. The third-order valence-electron chi connectivity index (χ3n) is 2.35. The van der Waals surface area contributed by atoms with Crippen molar-refractivity contribution in [1.29, 1.82) is 0 Å². The molecule has 2 aromatic carbocycles.